The molecule has 0 aliphatic carbocycles. The molecule has 2 rings (SSSR count). The Labute approximate surface area is 111 Å². The molecule has 2 N–H and O–H groups in total. The van der Waals surface area contributed by atoms with E-state index in [1.165, 1.54) is 4.88 Å². The van der Waals surface area contributed by atoms with Crippen LogP contribution in [-0.4, -0.2) is 0 Å². The number of thiophene rings is 1. The second kappa shape index (κ2) is 5.52. The Bertz CT molecular complexity index is 603. The van der Waals surface area contributed by atoms with Gasteiger partial charge in [-0.1, -0.05) is 37.3 Å². The molecule has 0 saturated heterocycles. The highest BCUT2D eigenvalue weighted by Crippen LogP contribution is 2.27. The largest absolute Gasteiger partial charge is 0.396 e. The smallest absolute Gasteiger partial charge is 0.102 e. The highest BCUT2D eigenvalue weighted by atomic mass is 32.1. The molecule has 0 fully saturated rings. The van der Waals surface area contributed by atoms with E-state index >= 15 is 0 Å². The van der Waals surface area contributed by atoms with Gasteiger partial charge >= 0.3 is 0 Å². The van der Waals surface area contributed by atoms with Gasteiger partial charge in [-0.15, -0.1) is 11.3 Å². The second-order valence-electron chi connectivity index (χ2n) is 3.89. The number of nitrogens with two attached hydrogens (primary N) is 1. The van der Waals surface area contributed by atoms with Crippen molar-refractivity contribution in [2.75, 3.05) is 0 Å². The number of rotatable bonds is 3. The minimum atomic E-state index is 0.542. The topological polar surface area (TPSA) is 49.8 Å². The van der Waals surface area contributed by atoms with E-state index in [1.54, 1.807) is 11.3 Å². The maximum Gasteiger partial charge on any atom is 0.102 e. The van der Waals surface area contributed by atoms with E-state index in [0.29, 0.717) is 11.3 Å². The lowest BCUT2D eigenvalue weighted by atomic mass is 10.0. The monoisotopic (exact) mass is 254 g/mol. The summed E-state index contributed by atoms with van der Waals surface area (Å²) >= 11 is 1.65. The van der Waals surface area contributed by atoms with Crippen molar-refractivity contribution in [3.8, 4) is 6.07 Å². The molecule has 18 heavy (non-hydrogen) atoms. The molecule has 0 amide bonds. The number of nitriles is 1. The van der Waals surface area contributed by atoms with Crippen LogP contribution in [-0.2, 0) is 6.42 Å². The highest BCUT2D eigenvalue weighted by molar-refractivity contribution is 7.13. The van der Waals surface area contributed by atoms with Crippen LogP contribution in [0.3, 0.4) is 0 Å². The van der Waals surface area contributed by atoms with Crippen molar-refractivity contribution in [1.29, 1.82) is 5.26 Å². The lowest BCUT2D eigenvalue weighted by molar-refractivity contribution is 1.19. The van der Waals surface area contributed by atoms with Crippen LogP contribution in [0.25, 0.3) is 11.3 Å². The summed E-state index contributed by atoms with van der Waals surface area (Å²) in [5, 5.41) is 9.29. The SMILES string of the molecule is CCc1ccc(/C(N)=C(/C#N)c2ccccc2)s1. The predicted molar refractivity (Wildman–Crippen MR) is 76.8 cm³/mol. The van der Waals surface area contributed by atoms with Crippen LogP contribution in [0.4, 0.5) is 0 Å². The molecule has 1 aromatic carbocycles. The van der Waals surface area contributed by atoms with Gasteiger partial charge in [-0.2, -0.15) is 5.26 Å². The van der Waals surface area contributed by atoms with Gasteiger partial charge in [0.1, 0.15) is 6.07 Å². The number of nitrogens with zero attached hydrogens (tertiary/aromatic N) is 1. The van der Waals surface area contributed by atoms with Crippen LogP contribution in [0.2, 0.25) is 0 Å². The number of hydrogen-bond donors (Lipinski definition) is 1. The summed E-state index contributed by atoms with van der Waals surface area (Å²) in [4.78, 5) is 2.24. The zero-order valence-corrected chi connectivity index (χ0v) is 11.0. The fraction of sp³-hybridized carbons (Fsp3) is 0.133. The predicted octanol–water partition coefficient (Wildman–Crippen LogP) is 3.66. The minimum Gasteiger partial charge on any atom is -0.396 e. The molecule has 0 aliphatic heterocycles. The van der Waals surface area contributed by atoms with Gasteiger partial charge in [-0.3, -0.25) is 0 Å². The molecule has 3 heteroatoms. The van der Waals surface area contributed by atoms with Crippen LogP contribution in [0.5, 0.6) is 0 Å². The molecule has 1 heterocycles. The maximum atomic E-state index is 9.29. The van der Waals surface area contributed by atoms with E-state index < -0.39 is 0 Å². The van der Waals surface area contributed by atoms with Gasteiger partial charge in [0.2, 0.25) is 0 Å². The van der Waals surface area contributed by atoms with E-state index in [0.717, 1.165) is 16.9 Å². The van der Waals surface area contributed by atoms with Gasteiger partial charge in [0.15, 0.2) is 0 Å². The number of allylic oxidation sites excluding steroid dienone is 1. The molecule has 1 aromatic heterocycles. The number of aryl methyl sites for hydroxylation is 1. The van der Waals surface area contributed by atoms with Crippen molar-refractivity contribution in [3.05, 3.63) is 57.8 Å². The van der Waals surface area contributed by atoms with Crippen LogP contribution >= 0.6 is 11.3 Å². The van der Waals surface area contributed by atoms with Gasteiger partial charge in [0.25, 0.3) is 0 Å². The Kier molecular flexibility index (Phi) is 3.81. The molecule has 0 bridgehead atoms. The number of benzene rings is 1. The zero-order chi connectivity index (χ0) is 13.0. The minimum absolute atomic E-state index is 0.542. The third kappa shape index (κ3) is 2.44. The maximum absolute atomic E-state index is 9.29. The molecule has 90 valence electrons. The second-order valence-corrected chi connectivity index (χ2v) is 5.05. The quantitative estimate of drug-likeness (QED) is 0.850. The Balaban J connectivity index is 2.47. The van der Waals surface area contributed by atoms with Crippen LogP contribution in [0.15, 0.2) is 42.5 Å². The van der Waals surface area contributed by atoms with Crippen molar-refractivity contribution in [2.24, 2.45) is 5.73 Å². The summed E-state index contributed by atoms with van der Waals surface area (Å²) < 4.78 is 0. The van der Waals surface area contributed by atoms with Gasteiger partial charge in [0, 0.05) is 4.88 Å². The molecule has 0 aliphatic rings. The first-order valence-electron chi connectivity index (χ1n) is 5.80. The summed E-state index contributed by atoms with van der Waals surface area (Å²) in [5.74, 6) is 0. The van der Waals surface area contributed by atoms with Crippen LogP contribution in [0, 0.1) is 11.3 Å². The van der Waals surface area contributed by atoms with Crippen molar-refractivity contribution in [3.63, 3.8) is 0 Å². The molecule has 0 unspecified atom stereocenters. The molecule has 0 atom stereocenters. The van der Waals surface area contributed by atoms with Crippen molar-refractivity contribution in [1.82, 2.24) is 0 Å². The lowest BCUT2D eigenvalue weighted by Gasteiger charge is -2.03. The Morgan fingerprint density at radius 2 is 1.94 bits per heavy atom. The Morgan fingerprint density at radius 1 is 1.22 bits per heavy atom. The average Bonchev–Trinajstić information content (AvgIpc) is 2.89. The Morgan fingerprint density at radius 3 is 2.50 bits per heavy atom. The molecular weight excluding hydrogens is 240 g/mol. The van der Waals surface area contributed by atoms with E-state index in [1.807, 2.05) is 36.4 Å². The van der Waals surface area contributed by atoms with Crippen LogP contribution in [0.1, 0.15) is 22.2 Å². The first-order valence-corrected chi connectivity index (χ1v) is 6.62. The average molecular weight is 254 g/mol. The summed E-state index contributed by atoms with van der Waals surface area (Å²) in [5.41, 5.74) is 8.09. The van der Waals surface area contributed by atoms with E-state index in [9.17, 15) is 5.26 Å². The molecular formula is C15H14N2S. The van der Waals surface area contributed by atoms with E-state index in [2.05, 4.69) is 19.1 Å². The molecule has 0 spiro atoms. The van der Waals surface area contributed by atoms with Crippen molar-refractivity contribution in [2.45, 2.75) is 13.3 Å². The standard InChI is InChI=1S/C15H14N2S/c1-2-12-8-9-14(18-12)15(17)13(10-16)11-6-4-3-5-7-11/h3-9H,2,17H2,1H3/b15-13+. The van der Waals surface area contributed by atoms with Gasteiger partial charge in [-0.05, 0) is 24.1 Å². The first-order chi connectivity index (χ1) is 8.76. The third-order valence-electron chi connectivity index (χ3n) is 2.72. The summed E-state index contributed by atoms with van der Waals surface area (Å²) in [6, 6.07) is 15.8. The summed E-state index contributed by atoms with van der Waals surface area (Å²) in [7, 11) is 0. The fourth-order valence-corrected chi connectivity index (χ4v) is 2.63. The van der Waals surface area contributed by atoms with Crippen LogP contribution < -0.4 is 5.73 Å². The Hall–Kier alpha value is -2.05. The first kappa shape index (κ1) is 12.4. The van der Waals surface area contributed by atoms with Gasteiger partial charge in [-0.25, -0.2) is 0 Å². The summed E-state index contributed by atoms with van der Waals surface area (Å²) in [6.45, 7) is 2.11. The highest BCUT2D eigenvalue weighted by Gasteiger charge is 2.09. The molecule has 2 aromatic rings. The number of hydrogen-bond acceptors (Lipinski definition) is 3. The van der Waals surface area contributed by atoms with E-state index in [-0.39, 0.29) is 0 Å². The summed E-state index contributed by atoms with van der Waals surface area (Å²) in [6.07, 6.45) is 0.991. The molecule has 2 nitrogen and oxygen atoms in total. The molecule has 0 radical (unpaired) electrons. The normalized spacial score (nSPS) is 11.8. The zero-order valence-electron chi connectivity index (χ0n) is 10.2. The van der Waals surface area contributed by atoms with Gasteiger partial charge in [0.05, 0.1) is 16.1 Å². The van der Waals surface area contributed by atoms with E-state index in [4.69, 9.17) is 5.73 Å². The van der Waals surface area contributed by atoms with Crippen molar-refractivity contribution < 1.29 is 0 Å². The fourth-order valence-electron chi connectivity index (χ4n) is 1.72. The van der Waals surface area contributed by atoms with Gasteiger partial charge < -0.3 is 5.73 Å². The van der Waals surface area contributed by atoms with Crippen molar-refractivity contribution >= 4 is 22.6 Å². The molecule has 0 saturated carbocycles. The lowest BCUT2D eigenvalue weighted by Crippen LogP contribution is -1.98. The third-order valence-corrected chi connectivity index (χ3v) is 3.98.